The lowest BCUT2D eigenvalue weighted by atomic mass is 9.89. The molecular weight excluding hydrogens is 270 g/mol. The molecule has 0 bridgehead atoms. The fourth-order valence-electron chi connectivity index (χ4n) is 1.81. The van der Waals surface area contributed by atoms with E-state index in [1.54, 1.807) is 12.1 Å². The first kappa shape index (κ1) is 15.0. The average molecular weight is 291 g/mol. The lowest BCUT2D eigenvalue weighted by Gasteiger charge is -2.27. The van der Waals surface area contributed by atoms with Gasteiger partial charge in [0.15, 0.2) is 0 Å². The molecular formula is C16H21NO2S. The van der Waals surface area contributed by atoms with Crippen LogP contribution in [-0.2, 0) is 10.0 Å². The molecule has 1 N–H and O–H groups in total. The lowest BCUT2D eigenvalue weighted by Crippen LogP contribution is -2.41. The van der Waals surface area contributed by atoms with E-state index in [1.807, 2.05) is 58.0 Å². The van der Waals surface area contributed by atoms with Gasteiger partial charge in [-0.05, 0) is 35.2 Å². The van der Waals surface area contributed by atoms with Crippen LogP contribution in [0.3, 0.4) is 0 Å². The first-order chi connectivity index (χ1) is 9.20. The van der Waals surface area contributed by atoms with E-state index in [9.17, 15) is 8.42 Å². The van der Waals surface area contributed by atoms with Crippen molar-refractivity contribution in [1.29, 1.82) is 0 Å². The van der Waals surface area contributed by atoms with Gasteiger partial charge in [0.1, 0.15) is 0 Å². The normalized spacial score (nSPS) is 14.4. The van der Waals surface area contributed by atoms with Crippen molar-refractivity contribution in [2.45, 2.75) is 38.6 Å². The van der Waals surface area contributed by atoms with E-state index in [0.29, 0.717) is 4.90 Å². The van der Waals surface area contributed by atoms with Crippen LogP contribution in [0.25, 0.3) is 10.8 Å². The molecule has 0 radical (unpaired) electrons. The van der Waals surface area contributed by atoms with Gasteiger partial charge in [0.2, 0.25) is 10.0 Å². The van der Waals surface area contributed by atoms with Crippen molar-refractivity contribution in [2.24, 2.45) is 5.41 Å². The summed E-state index contributed by atoms with van der Waals surface area (Å²) in [6.45, 7) is 7.93. The van der Waals surface area contributed by atoms with Crippen LogP contribution >= 0.6 is 0 Å². The van der Waals surface area contributed by atoms with E-state index in [2.05, 4.69) is 4.72 Å². The second-order valence-electron chi connectivity index (χ2n) is 6.22. The maximum absolute atomic E-state index is 12.4. The van der Waals surface area contributed by atoms with Gasteiger partial charge in [0.05, 0.1) is 4.90 Å². The van der Waals surface area contributed by atoms with E-state index in [0.717, 1.165) is 10.8 Å². The van der Waals surface area contributed by atoms with Crippen LogP contribution in [0.2, 0.25) is 0 Å². The Morgan fingerprint density at radius 3 is 2.20 bits per heavy atom. The van der Waals surface area contributed by atoms with Gasteiger partial charge in [0.25, 0.3) is 0 Å². The van der Waals surface area contributed by atoms with Crippen LogP contribution in [0.1, 0.15) is 27.7 Å². The Hall–Kier alpha value is -1.39. The van der Waals surface area contributed by atoms with Crippen LogP contribution in [-0.4, -0.2) is 14.5 Å². The zero-order valence-electron chi connectivity index (χ0n) is 12.3. The van der Waals surface area contributed by atoms with Gasteiger partial charge in [-0.2, -0.15) is 0 Å². The van der Waals surface area contributed by atoms with Gasteiger partial charge in [-0.25, -0.2) is 13.1 Å². The summed E-state index contributed by atoms with van der Waals surface area (Å²) in [5.41, 5.74) is -0.121. The fourth-order valence-corrected chi connectivity index (χ4v) is 3.30. The lowest BCUT2D eigenvalue weighted by molar-refractivity contribution is 0.317. The summed E-state index contributed by atoms with van der Waals surface area (Å²) in [7, 11) is -3.48. The molecule has 0 aromatic heterocycles. The Kier molecular flexibility index (Phi) is 3.89. The predicted molar refractivity (Wildman–Crippen MR) is 83.2 cm³/mol. The molecule has 0 spiro atoms. The van der Waals surface area contributed by atoms with E-state index in [1.165, 1.54) is 0 Å². The molecule has 4 heteroatoms. The predicted octanol–water partition coefficient (Wildman–Crippen LogP) is 3.55. The average Bonchev–Trinajstić information content (AvgIpc) is 2.36. The first-order valence-corrected chi connectivity index (χ1v) is 8.19. The van der Waals surface area contributed by atoms with E-state index < -0.39 is 10.0 Å². The van der Waals surface area contributed by atoms with Crippen LogP contribution in [0.4, 0.5) is 0 Å². The van der Waals surface area contributed by atoms with Gasteiger partial charge in [-0.15, -0.1) is 0 Å². The summed E-state index contributed by atoms with van der Waals surface area (Å²) in [6.07, 6.45) is 0. The van der Waals surface area contributed by atoms with E-state index in [4.69, 9.17) is 0 Å². The Morgan fingerprint density at radius 2 is 1.60 bits per heavy atom. The highest BCUT2D eigenvalue weighted by molar-refractivity contribution is 7.89. The Balaban J connectivity index is 2.37. The Labute approximate surface area is 121 Å². The number of sulfonamides is 1. The quantitative estimate of drug-likeness (QED) is 0.940. The topological polar surface area (TPSA) is 46.2 Å². The summed E-state index contributed by atoms with van der Waals surface area (Å²) < 4.78 is 27.6. The first-order valence-electron chi connectivity index (χ1n) is 6.71. The third kappa shape index (κ3) is 3.19. The second-order valence-corrected chi connectivity index (χ2v) is 7.93. The number of fused-ring (bicyclic) bond motifs is 1. The molecule has 0 heterocycles. The van der Waals surface area contributed by atoms with Crippen LogP contribution in [0.15, 0.2) is 47.4 Å². The van der Waals surface area contributed by atoms with Gasteiger partial charge >= 0.3 is 0 Å². The van der Waals surface area contributed by atoms with Crippen LogP contribution in [0.5, 0.6) is 0 Å². The standard InChI is InChI=1S/C16H21NO2S/c1-12(16(2,3)4)17-20(18,19)15-10-9-13-7-5-6-8-14(13)11-15/h5-12,17H,1-4H3/t12-/m0/s1. The third-order valence-corrected chi connectivity index (χ3v) is 5.20. The highest BCUT2D eigenvalue weighted by atomic mass is 32.2. The van der Waals surface area contributed by atoms with Gasteiger partial charge in [-0.3, -0.25) is 0 Å². The van der Waals surface area contributed by atoms with Gasteiger partial charge in [0, 0.05) is 6.04 Å². The summed E-state index contributed by atoms with van der Waals surface area (Å²) >= 11 is 0. The molecule has 20 heavy (non-hydrogen) atoms. The highest BCUT2D eigenvalue weighted by Crippen LogP contribution is 2.23. The van der Waals surface area contributed by atoms with Crippen LogP contribution in [0, 0.1) is 5.41 Å². The van der Waals surface area contributed by atoms with E-state index >= 15 is 0 Å². The molecule has 2 aromatic rings. The highest BCUT2D eigenvalue weighted by Gasteiger charge is 2.25. The molecule has 0 unspecified atom stereocenters. The molecule has 108 valence electrons. The van der Waals surface area contributed by atoms with Crippen molar-refractivity contribution in [3.63, 3.8) is 0 Å². The summed E-state index contributed by atoms with van der Waals surface area (Å²) in [4.78, 5) is 0.312. The monoisotopic (exact) mass is 291 g/mol. The minimum atomic E-state index is -3.48. The molecule has 3 nitrogen and oxygen atoms in total. The smallest absolute Gasteiger partial charge is 0.208 e. The van der Waals surface area contributed by atoms with Crippen LogP contribution < -0.4 is 4.72 Å². The number of rotatable bonds is 3. The minimum absolute atomic E-state index is 0.121. The van der Waals surface area contributed by atoms with Crippen molar-refractivity contribution in [1.82, 2.24) is 4.72 Å². The fraction of sp³-hybridized carbons (Fsp3) is 0.375. The van der Waals surface area contributed by atoms with E-state index in [-0.39, 0.29) is 11.5 Å². The molecule has 0 aliphatic heterocycles. The molecule has 0 saturated carbocycles. The molecule has 0 aliphatic carbocycles. The Bertz CT molecular complexity index is 715. The van der Waals surface area contributed by atoms with Gasteiger partial charge < -0.3 is 0 Å². The molecule has 0 amide bonds. The van der Waals surface area contributed by atoms with Crippen molar-refractivity contribution in [3.8, 4) is 0 Å². The number of benzene rings is 2. The third-order valence-electron chi connectivity index (χ3n) is 3.66. The van der Waals surface area contributed by atoms with Crippen molar-refractivity contribution in [3.05, 3.63) is 42.5 Å². The zero-order chi connectivity index (χ0) is 15.0. The van der Waals surface area contributed by atoms with Crippen molar-refractivity contribution >= 4 is 20.8 Å². The zero-order valence-corrected chi connectivity index (χ0v) is 13.2. The maximum atomic E-state index is 12.4. The molecule has 2 aromatic carbocycles. The largest absolute Gasteiger partial charge is 0.240 e. The number of nitrogens with one attached hydrogen (secondary N) is 1. The number of hydrogen-bond acceptors (Lipinski definition) is 2. The SMILES string of the molecule is C[C@H](NS(=O)(=O)c1ccc2ccccc2c1)C(C)(C)C. The summed E-state index contributed by atoms with van der Waals surface area (Å²) in [6, 6.07) is 12.8. The Morgan fingerprint density at radius 1 is 1.00 bits per heavy atom. The molecule has 0 fully saturated rings. The molecule has 0 saturated heterocycles. The maximum Gasteiger partial charge on any atom is 0.240 e. The molecule has 1 atom stereocenters. The molecule has 0 aliphatic rings. The number of hydrogen-bond donors (Lipinski definition) is 1. The van der Waals surface area contributed by atoms with Crippen molar-refractivity contribution in [2.75, 3.05) is 0 Å². The second kappa shape index (κ2) is 5.19. The van der Waals surface area contributed by atoms with Crippen molar-refractivity contribution < 1.29 is 8.42 Å². The minimum Gasteiger partial charge on any atom is -0.208 e. The molecule has 2 rings (SSSR count). The van der Waals surface area contributed by atoms with Gasteiger partial charge in [-0.1, -0.05) is 51.1 Å². The summed E-state index contributed by atoms with van der Waals surface area (Å²) in [5, 5.41) is 1.97. The summed E-state index contributed by atoms with van der Waals surface area (Å²) in [5.74, 6) is 0.